The Bertz CT molecular complexity index is 1090. The Balaban J connectivity index is 1.71. The molecule has 8 nitrogen and oxygen atoms in total. The quantitative estimate of drug-likeness (QED) is 0.684. The molecule has 0 aliphatic carbocycles. The summed E-state index contributed by atoms with van der Waals surface area (Å²) in [6.07, 6.45) is 0. The van der Waals surface area contributed by atoms with Gasteiger partial charge in [-0.3, -0.25) is 9.59 Å². The summed E-state index contributed by atoms with van der Waals surface area (Å²) in [7, 11) is -2.10. The van der Waals surface area contributed by atoms with Crippen LogP contribution >= 0.6 is 11.6 Å². The van der Waals surface area contributed by atoms with E-state index in [4.69, 9.17) is 11.6 Å². The van der Waals surface area contributed by atoms with E-state index in [9.17, 15) is 18.0 Å². The molecule has 0 saturated carbocycles. The van der Waals surface area contributed by atoms with Crippen LogP contribution in [0.2, 0.25) is 5.02 Å². The molecule has 0 atom stereocenters. The lowest BCUT2D eigenvalue weighted by molar-refractivity contribution is -0.120. The van der Waals surface area contributed by atoms with E-state index < -0.39 is 10.0 Å². The van der Waals surface area contributed by atoms with Gasteiger partial charge >= 0.3 is 0 Å². The Morgan fingerprint density at radius 1 is 1.19 bits per heavy atom. The van der Waals surface area contributed by atoms with Crippen molar-refractivity contribution in [1.29, 1.82) is 0 Å². The standard InChI is InChI=1S/C21H25ClN4O4S/c1-14(2)25(3)31(29,30)17-7-4-15(5-8-17)21(28)24-16-6-9-19(18(22)12-16)26-11-10-23-20(27)13-26/h4-9,12,14H,10-11,13H2,1-3H3,(H,23,27)(H,24,28). The van der Waals surface area contributed by atoms with E-state index in [0.717, 1.165) is 5.69 Å². The summed E-state index contributed by atoms with van der Waals surface area (Å²) in [6.45, 7) is 5.00. The number of rotatable bonds is 6. The molecule has 166 valence electrons. The maximum absolute atomic E-state index is 12.6. The van der Waals surface area contributed by atoms with Gasteiger partial charge in [0.15, 0.2) is 0 Å². The van der Waals surface area contributed by atoms with Crippen LogP contribution in [0, 0.1) is 0 Å². The molecule has 2 N–H and O–H groups in total. The van der Waals surface area contributed by atoms with Gasteiger partial charge in [-0.1, -0.05) is 11.6 Å². The number of sulfonamides is 1. The number of benzene rings is 2. The van der Waals surface area contributed by atoms with E-state index in [-0.39, 0.29) is 29.3 Å². The van der Waals surface area contributed by atoms with Crippen LogP contribution in [-0.2, 0) is 14.8 Å². The minimum atomic E-state index is -3.61. The van der Waals surface area contributed by atoms with Gasteiger partial charge < -0.3 is 15.5 Å². The average molecular weight is 465 g/mol. The highest BCUT2D eigenvalue weighted by Crippen LogP contribution is 2.29. The van der Waals surface area contributed by atoms with Crippen molar-refractivity contribution in [3.8, 4) is 0 Å². The molecule has 1 aliphatic rings. The lowest BCUT2D eigenvalue weighted by Crippen LogP contribution is -2.47. The molecule has 2 aromatic carbocycles. The van der Waals surface area contributed by atoms with Gasteiger partial charge in [0, 0.05) is 37.4 Å². The van der Waals surface area contributed by atoms with Gasteiger partial charge in [0.25, 0.3) is 5.91 Å². The van der Waals surface area contributed by atoms with Gasteiger partial charge in [0.2, 0.25) is 15.9 Å². The fourth-order valence-electron chi connectivity index (χ4n) is 3.11. The van der Waals surface area contributed by atoms with E-state index in [0.29, 0.717) is 29.4 Å². The Labute approximate surface area is 187 Å². The molecule has 1 fully saturated rings. The third-order valence-corrected chi connectivity index (χ3v) is 7.46. The van der Waals surface area contributed by atoms with E-state index in [1.165, 1.54) is 35.6 Å². The maximum Gasteiger partial charge on any atom is 0.255 e. The first-order valence-electron chi connectivity index (χ1n) is 9.80. The molecule has 1 saturated heterocycles. The molecule has 0 spiro atoms. The van der Waals surface area contributed by atoms with Crippen LogP contribution in [0.25, 0.3) is 0 Å². The SMILES string of the molecule is CC(C)N(C)S(=O)(=O)c1ccc(C(=O)Nc2ccc(N3CCNC(=O)C3)c(Cl)c2)cc1. The number of hydrogen-bond acceptors (Lipinski definition) is 5. The monoisotopic (exact) mass is 464 g/mol. The van der Waals surface area contributed by atoms with E-state index in [1.54, 1.807) is 32.0 Å². The fourth-order valence-corrected chi connectivity index (χ4v) is 4.78. The molecule has 1 aliphatic heterocycles. The highest BCUT2D eigenvalue weighted by molar-refractivity contribution is 7.89. The van der Waals surface area contributed by atoms with E-state index >= 15 is 0 Å². The van der Waals surface area contributed by atoms with Crippen molar-refractivity contribution in [2.24, 2.45) is 0 Å². The van der Waals surface area contributed by atoms with Crippen molar-refractivity contribution in [2.45, 2.75) is 24.8 Å². The fraction of sp³-hybridized carbons (Fsp3) is 0.333. The number of carbonyl (C=O) groups excluding carboxylic acids is 2. The molecular weight excluding hydrogens is 440 g/mol. The number of amides is 2. The van der Waals surface area contributed by atoms with Gasteiger partial charge in [-0.15, -0.1) is 0 Å². The molecular formula is C21H25ClN4O4S. The van der Waals surface area contributed by atoms with Crippen molar-refractivity contribution >= 4 is 44.8 Å². The zero-order chi connectivity index (χ0) is 22.8. The summed E-state index contributed by atoms with van der Waals surface area (Å²) < 4.78 is 26.4. The number of halogens is 1. The second-order valence-electron chi connectivity index (χ2n) is 7.53. The topological polar surface area (TPSA) is 98.8 Å². The summed E-state index contributed by atoms with van der Waals surface area (Å²) in [5.41, 5.74) is 1.54. The molecule has 10 heteroatoms. The molecule has 2 aromatic rings. The van der Waals surface area contributed by atoms with Crippen LogP contribution in [0.1, 0.15) is 24.2 Å². The third-order valence-electron chi connectivity index (χ3n) is 5.11. The first kappa shape index (κ1) is 23.1. The van der Waals surface area contributed by atoms with Crippen LogP contribution in [0.15, 0.2) is 47.4 Å². The van der Waals surface area contributed by atoms with Crippen LogP contribution < -0.4 is 15.5 Å². The van der Waals surface area contributed by atoms with Crippen molar-refractivity contribution in [3.63, 3.8) is 0 Å². The number of nitrogens with one attached hydrogen (secondary N) is 2. The summed E-state index contributed by atoms with van der Waals surface area (Å²) in [5, 5.41) is 5.94. The van der Waals surface area contributed by atoms with Crippen LogP contribution in [0.5, 0.6) is 0 Å². The molecule has 1 heterocycles. The van der Waals surface area contributed by atoms with Crippen LogP contribution in [0.3, 0.4) is 0 Å². The second-order valence-corrected chi connectivity index (χ2v) is 9.94. The van der Waals surface area contributed by atoms with Gasteiger partial charge in [-0.2, -0.15) is 4.31 Å². The van der Waals surface area contributed by atoms with Gasteiger partial charge in [-0.05, 0) is 56.3 Å². The van der Waals surface area contributed by atoms with Gasteiger partial charge in [0.05, 0.1) is 22.2 Å². The zero-order valence-electron chi connectivity index (χ0n) is 17.6. The summed E-state index contributed by atoms with van der Waals surface area (Å²) in [6, 6.07) is 10.7. The van der Waals surface area contributed by atoms with Crippen LogP contribution in [0.4, 0.5) is 11.4 Å². The number of nitrogens with zero attached hydrogens (tertiary/aromatic N) is 2. The smallest absolute Gasteiger partial charge is 0.255 e. The Kier molecular flexibility index (Phi) is 6.88. The van der Waals surface area contributed by atoms with Gasteiger partial charge in [-0.25, -0.2) is 8.42 Å². The number of piperazine rings is 1. The van der Waals surface area contributed by atoms with Crippen LogP contribution in [-0.4, -0.2) is 57.3 Å². The third kappa shape index (κ3) is 5.17. The molecule has 0 bridgehead atoms. The first-order chi connectivity index (χ1) is 14.6. The predicted molar refractivity (Wildman–Crippen MR) is 121 cm³/mol. The number of hydrogen-bond donors (Lipinski definition) is 2. The molecule has 3 rings (SSSR count). The van der Waals surface area contributed by atoms with Crippen molar-refractivity contribution < 1.29 is 18.0 Å². The Morgan fingerprint density at radius 3 is 2.45 bits per heavy atom. The average Bonchev–Trinajstić information content (AvgIpc) is 2.73. The lowest BCUT2D eigenvalue weighted by Gasteiger charge is -2.29. The minimum Gasteiger partial charge on any atom is -0.359 e. The van der Waals surface area contributed by atoms with Gasteiger partial charge in [0.1, 0.15) is 0 Å². The summed E-state index contributed by atoms with van der Waals surface area (Å²) in [5.74, 6) is -0.452. The highest BCUT2D eigenvalue weighted by atomic mass is 35.5. The molecule has 2 amide bonds. The minimum absolute atomic E-state index is 0.0651. The van der Waals surface area contributed by atoms with Crippen molar-refractivity contribution in [3.05, 3.63) is 53.1 Å². The largest absolute Gasteiger partial charge is 0.359 e. The normalized spacial score (nSPS) is 14.6. The Morgan fingerprint density at radius 2 is 1.87 bits per heavy atom. The molecule has 0 unspecified atom stereocenters. The second kappa shape index (κ2) is 9.25. The summed E-state index contributed by atoms with van der Waals surface area (Å²) in [4.78, 5) is 26.2. The maximum atomic E-state index is 12.6. The number of anilines is 2. The molecule has 0 radical (unpaired) electrons. The van der Waals surface area contributed by atoms with Crippen molar-refractivity contribution in [2.75, 3.05) is 36.9 Å². The highest BCUT2D eigenvalue weighted by Gasteiger charge is 2.23. The number of carbonyl (C=O) groups is 2. The van der Waals surface area contributed by atoms with E-state index in [2.05, 4.69) is 10.6 Å². The first-order valence-corrected chi connectivity index (χ1v) is 11.6. The zero-order valence-corrected chi connectivity index (χ0v) is 19.1. The molecule has 0 aromatic heterocycles. The van der Waals surface area contributed by atoms with E-state index in [1.807, 2.05) is 4.90 Å². The van der Waals surface area contributed by atoms with Crippen molar-refractivity contribution in [1.82, 2.24) is 9.62 Å². The summed E-state index contributed by atoms with van der Waals surface area (Å²) >= 11 is 6.37. The lowest BCUT2D eigenvalue weighted by atomic mass is 10.2. The molecule has 31 heavy (non-hydrogen) atoms. The predicted octanol–water partition coefficient (Wildman–Crippen LogP) is 2.56. The Hall–Kier alpha value is -2.62.